The van der Waals surface area contributed by atoms with Crippen molar-refractivity contribution in [3.05, 3.63) is 65.2 Å². The number of carbonyl (C=O) groups is 1. The molecule has 4 heteroatoms. The number of hydrogen-bond donors (Lipinski definition) is 3. The predicted molar refractivity (Wildman–Crippen MR) is 101 cm³/mol. The zero-order valence-electron chi connectivity index (χ0n) is 14.7. The summed E-state index contributed by atoms with van der Waals surface area (Å²) in [6.07, 6.45) is 3.18. The van der Waals surface area contributed by atoms with Gasteiger partial charge in [0.1, 0.15) is 0 Å². The van der Waals surface area contributed by atoms with Crippen molar-refractivity contribution in [2.45, 2.75) is 44.7 Å². The van der Waals surface area contributed by atoms with E-state index in [4.69, 9.17) is 5.11 Å². The van der Waals surface area contributed by atoms with Gasteiger partial charge in [-0.15, -0.1) is 0 Å². The second-order valence-electron chi connectivity index (χ2n) is 6.75. The molecule has 1 unspecified atom stereocenters. The molecule has 132 valence electrons. The molecule has 1 atom stereocenters. The highest BCUT2D eigenvalue weighted by molar-refractivity contribution is 5.79. The van der Waals surface area contributed by atoms with Crippen molar-refractivity contribution in [3.63, 3.8) is 0 Å². The van der Waals surface area contributed by atoms with Crippen LogP contribution < -0.4 is 10.6 Å². The Morgan fingerprint density at radius 3 is 2.32 bits per heavy atom. The van der Waals surface area contributed by atoms with Crippen molar-refractivity contribution in [1.82, 2.24) is 5.32 Å². The zero-order chi connectivity index (χ0) is 17.6. The first kappa shape index (κ1) is 17.5. The van der Waals surface area contributed by atoms with Crippen molar-refractivity contribution < 1.29 is 9.90 Å². The lowest BCUT2D eigenvalue weighted by molar-refractivity contribution is -0.121. The van der Waals surface area contributed by atoms with Crippen molar-refractivity contribution in [2.24, 2.45) is 0 Å². The van der Waals surface area contributed by atoms with E-state index in [2.05, 4.69) is 34.9 Å². The molecule has 0 fully saturated rings. The Kier molecular flexibility index (Phi) is 5.71. The lowest BCUT2D eigenvalue weighted by Crippen LogP contribution is -2.37. The number of anilines is 1. The van der Waals surface area contributed by atoms with E-state index < -0.39 is 0 Å². The van der Waals surface area contributed by atoms with Gasteiger partial charge in [0, 0.05) is 11.7 Å². The van der Waals surface area contributed by atoms with Gasteiger partial charge < -0.3 is 15.7 Å². The Hall–Kier alpha value is -2.33. The van der Waals surface area contributed by atoms with Gasteiger partial charge in [-0.05, 0) is 48.1 Å². The van der Waals surface area contributed by atoms with Gasteiger partial charge in [-0.1, -0.05) is 43.3 Å². The van der Waals surface area contributed by atoms with E-state index in [0.717, 1.165) is 30.5 Å². The molecule has 0 heterocycles. The van der Waals surface area contributed by atoms with E-state index in [1.165, 1.54) is 11.1 Å². The minimum atomic E-state index is -0.155. The van der Waals surface area contributed by atoms with Crippen molar-refractivity contribution >= 4 is 11.6 Å². The predicted octanol–water partition coefficient (Wildman–Crippen LogP) is 2.70. The van der Waals surface area contributed by atoms with Crippen LogP contribution in [0.1, 0.15) is 30.0 Å². The van der Waals surface area contributed by atoms with Crippen LogP contribution in [0.2, 0.25) is 0 Å². The van der Waals surface area contributed by atoms with E-state index >= 15 is 0 Å². The highest BCUT2D eigenvalue weighted by atomic mass is 16.3. The number of aliphatic hydroxyl groups excluding tert-OH is 1. The van der Waals surface area contributed by atoms with Crippen LogP contribution in [0.25, 0.3) is 0 Å². The van der Waals surface area contributed by atoms with Gasteiger partial charge in [0.2, 0.25) is 5.91 Å². The highest BCUT2D eigenvalue weighted by Crippen LogP contribution is 2.24. The van der Waals surface area contributed by atoms with Crippen LogP contribution in [0.15, 0.2) is 48.5 Å². The smallest absolute Gasteiger partial charge is 0.224 e. The lowest BCUT2D eigenvalue weighted by atomic mass is 10.1. The SMILES string of the molecule is CCC(CO)NC(=O)Cc1ccc(NC2Cc3ccccc3C2)cc1. The number of nitrogens with one attached hydrogen (secondary N) is 2. The summed E-state index contributed by atoms with van der Waals surface area (Å²) in [4.78, 5) is 12.0. The molecule has 3 N–H and O–H groups in total. The van der Waals surface area contributed by atoms with Crippen molar-refractivity contribution in [3.8, 4) is 0 Å². The fourth-order valence-electron chi connectivity index (χ4n) is 3.36. The molecule has 0 spiro atoms. The average molecular weight is 338 g/mol. The Bertz CT molecular complexity index is 683. The van der Waals surface area contributed by atoms with Crippen LogP contribution in [-0.2, 0) is 24.1 Å². The summed E-state index contributed by atoms with van der Waals surface area (Å²) in [6, 6.07) is 16.9. The molecule has 0 saturated heterocycles. The Morgan fingerprint density at radius 2 is 1.76 bits per heavy atom. The molecule has 25 heavy (non-hydrogen) atoms. The van der Waals surface area contributed by atoms with Gasteiger partial charge in [0.05, 0.1) is 19.1 Å². The van der Waals surface area contributed by atoms with E-state index in [1.807, 2.05) is 31.2 Å². The molecule has 0 radical (unpaired) electrons. The summed E-state index contributed by atoms with van der Waals surface area (Å²) in [5.74, 6) is -0.0483. The molecular weight excluding hydrogens is 312 g/mol. The minimum Gasteiger partial charge on any atom is -0.394 e. The first-order valence-electron chi connectivity index (χ1n) is 9.00. The molecule has 1 aliphatic carbocycles. The van der Waals surface area contributed by atoms with Crippen LogP contribution >= 0.6 is 0 Å². The normalized spacial score (nSPS) is 14.8. The van der Waals surface area contributed by atoms with Crippen LogP contribution in [0.3, 0.4) is 0 Å². The second kappa shape index (κ2) is 8.17. The van der Waals surface area contributed by atoms with Crippen LogP contribution in [-0.4, -0.2) is 29.7 Å². The minimum absolute atomic E-state index is 0.0190. The van der Waals surface area contributed by atoms with Crippen molar-refractivity contribution in [1.29, 1.82) is 0 Å². The number of fused-ring (bicyclic) bond motifs is 1. The summed E-state index contributed by atoms with van der Waals surface area (Å²) >= 11 is 0. The zero-order valence-corrected chi connectivity index (χ0v) is 14.7. The van der Waals surface area contributed by atoms with E-state index in [-0.39, 0.29) is 18.6 Å². The molecule has 2 aromatic rings. The fraction of sp³-hybridized carbons (Fsp3) is 0.381. The summed E-state index contributed by atoms with van der Waals surface area (Å²) < 4.78 is 0. The first-order chi connectivity index (χ1) is 12.2. The average Bonchev–Trinajstić information content (AvgIpc) is 3.03. The van der Waals surface area contributed by atoms with Crippen LogP contribution in [0.4, 0.5) is 5.69 Å². The standard InChI is InChI=1S/C21H26N2O2/c1-2-18(14-24)23-21(25)11-15-7-9-19(10-8-15)22-20-12-16-5-3-4-6-17(16)13-20/h3-10,18,20,22,24H,2,11-14H2,1H3,(H,23,25). The Morgan fingerprint density at radius 1 is 1.12 bits per heavy atom. The highest BCUT2D eigenvalue weighted by Gasteiger charge is 2.20. The number of aliphatic hydroxyl groups is 1. The number of carbonyl (C=O) groups excluding carboxylic acids is 1. The molecular formula is C21H26N2O2. The van der Waals surface area contributed by atoms with E-state index in [1.54, 1.807) is 0 Å². The van der Waals surface area contributed by atoms with Gasteiger partial charge >= 0.3 is 0 Å². The number of hydrogen-bond acceptors (Lipinski definition) is 3. The monoisotopic (exact) mass is 338 g/mol. The second-order valence-corrected chi connectivity index (χ2v) is 6.75. The molecule has 1 amide bonds. The molecule has 0 bridgehead atoms. The van der Waals surface area contributed by atoms with Crippen LogP contribution in [0.5, 0.6) is 0 Å². The molecule has 0 saturated carbocycles. The molecule has 1 aliphatic rings. The molecule has 4 nitrogen and oxygen atoms in total. The van der Waals surface area contributed by atoms with Gasteiger partial charge in [-0.2, -0.15) is 0 Å². The quantitative estimate of drug-likeness (QED) is 0.727. The van der Waals surface area contributed by atoms with Crippen molar-refractivity contribution in [2.75, 3.05) is 11.9 Å². The third-order valence-corrected chi connectivity index (χ3v) is 4.82. The van der Waals surface area contributed by atoms with Gasteiger partial charge in [0.15, 0.2) is 0 Å². The summed E-state index contributed by atoms with van der Waals surface area (Å²) in [7, 11) is 0. The fourth-order valence-corrected chi connectivity index (χ4v) is 3.36. The maximum absolute atomic E-state index is 12.0. The Labute approximate surface area is 149 Å². The molecule has 0 aliphatic heterocycles. The van der Waals surface area contributed by atoms with Gasteiger partial charge in [-0.25, -0.2) is 0 Å². The first-order valence-corrected chi connectivity index (χ1v) is 9.00. The summed E-state index contributed by atoms with van der Waals surface area (Å²) in [5, 5.41) is 15.6. The maximum atomic E-state index is 12.0. The van der Waals surface area contributed by atoms with Crippen LogP contribution in [0, 0.1) is 0 Å². The molecule has 3 rings (SSSR count). The number of rotatable bonds is 7. The third-order valence-electron chi connectivity index (χ3n) is 4.82. The third kappa shape index (κ3) is 4.60. The Balaban J connectivity index is 1.52. The van der Waals surface area contributed by atoms with Gasteiger partial charge in [0.25, 0.3) is 0 Å². The van der Waals surface area contributed by atoms with E-state index in [0.29, 0.717) is 12.5 Å². The lowest BCUT2D eigenvalue weighted by Gasteiger charge is -2.15. The van der Waals surface area contributed by atoms with E-state index in [9.17, 15) is 4.79 Å². The number of amides is 1. The summed E-state index contributed by atoms with van der Waals surface area (Å²) in [5.41, 5.74) is 4.93. The summed E-state index contributed by atoms with van der Waals surface area (Å²) in [6.45, 7) is 1.93. The largest absolute Gasteiger partial charge is 0.394 e. The molecule has 0 aromatic heterocycles. The van der Waals surface area contributed by atoms with Gasteiger partial charge in [-0.3, -0.25) is 4.79 Å². The molecule has 2 aromatic carbocycles. The number of benzene rings is 2. The topological polar surface area (TPSA) is 61.4 Å². The maximum Gasteiger partial charge on any atom is 0.224 e.